The number of fused-ring (bicyclic) bond motifs is 1. The van der Waals surface area contributed by atoms with Gasteiger partial charge in [-0.25, -0.2) is 9.78 Å². The van der Waals surface area contributed by atoms with Gasteiger partial charge in [-0.2, -0.15) is 0 Å². The summed E-state index contributed by atoms with van der Waals surface area (Å²) in [6.07, 6.45) is 4.94. The molecule has 1 aromatic heterocycles. The van der Waals surface area contributed by atoms with Crippen LogP contribution >= 0.6 is 0 Å². The minimum Gasteiger partial charge on any atom is -0.480 e. The SMILES string of the molecule is O=C(C=Cc1ccccc1)Nc1cnc2n(c1=O)[C@H](C(=O)O)CC2. The minimum absolute atomic E-state index is 0.0328. The molecule has 1 aliphatic heterocycles. The van der Waals surface area contributed by atoms with E-state index in [1.807, 2.05) is 30.3 Å². The predicted octanol–water partition coefficient (Wildman–Crippen LogP) is 1.47. The van der Waals surface area contributed by atoms with Crippen LogP contribution in [0, 0.1) is 0 Å². The largest absolute Gasteiger partial charge is 0.480 e. The Morgan fingerprint density at radius 2 is 2.04 bits per heavy atom. The normalized spacial score (nSPS) is 16.1. The number of amides is 1. The molecule has 0 bridgehead atoms. The van der Waals surface area contributed by atoms with E-state index in [0.717, 1.165) is 10.1 Å². The average molecular weight is 325 g/mol. The minimum atomic E-state index is -1.08. The van der Waals surface area contributed by atoms with Crippen molar-refractivity contribution >= 4 is 23.6 Å². The zero-order valence-corrected chi connectivity index (χ0v) is 12.7. The molecule has 1 aromatic carbocycles. The van der Waals surface area contributed by atoms with E-state index >= 15 is 0 Å². The maximum atomic E-state index is 12.4. The lowest BCUT2D eigenvalue weighted by Gasteiger charge is -2.11. The van der Waals surface area contributed by atoms with Crippen molar-refractivity contribution in [2.45, 2.75) is 18.9 Å². The van der Waals surface area contributed by atoms with Crippen molar-refractivity contribution in [2.75, 3.05) is 5.32 Å². The fourth-order valence-electron chi connectivity index (χ4n) is 2.63. The van der Waals surface area contributed by atoms with Gasteiger partial charge in [-0.1, -0.05) is 30.3 Å². The van der Waals surface area contributed by atoms with Gasteiger partial charge in [0.1, 0.15) is 17.6 Å². The molecule has 1 amide bonds. The summed E-state index contributed by atoms with van der Waals surface area (Å²) in [4.78, 5) is 39.7. The zero-order chi connectivity index (χ0) is 17.1. The number of hydrogen-bond acceptors (Lipinski definition) is 4. The van der Waals surface area contributed by atoms with Crippen molar-refractivity contribution in [2.24, 2.45) is 0 Å². The lowest BCUT2D eigenvalue weighted by molar-refractivity contribution is -0.140. The summed E-state index contributed by atoms with van der Waals surface area (Å²) in [6, 6.07) is 8.31. The summed E-state index contributed by atoms with van der Waals surface area (Å²) in [6.45, 7) is 0. The van der Waals surface area contributed by atoms with Crippen LogP contribution in [0.2, 0.25) is 0 Å². The highest BCUT2D eigenvalue weighted by Crippen LogP contribution is 2.22. The van der Waals surface area contributed by atoms with Crippen LogP contribution in [0.5, 0.6) is 0 Å². The summed E-state index contributed by atoms with van der Waals surface area (Å²) in [5.74, 6) is -1.14. The zero-order valence-electron chi connectivity index (χ0n) is 12.7. The molecule has 0 spiro atoms. The van der Waals surface area contributed by atoms with Gasteiger partial charge in [0.2, 0.25) is 5.91 Å². The van der Waals surface area contributed by atoms with E-state index < -0.39 is 23.5 Å². The number of carboxylic acids is 1. The van der Waals surface area contributed by atoms with E-state index in [4.69, 9.17) is 0 Å². The molecule has 1 atom stereocenters. The van der Waals surface area contributed by atoms with Crippen LogP contribution in [-0.4, -0.2) is 26.5 Å². The Bertz CT molecular complexity index is 871. The van der Waals surface area contributed by atoms with Crippen LogP contribution < -0.4 is 10.9 Å². The van der Waals surface area contributed by atoms with Crippen LogP contribution in [0.15, 0.2) is 47.4 Å². The molecule has 7 heteroatoms. The molecule has 24 heavy (non-hydrogen) atoms. The number of anilines is 1. The number of benzene rings is 1. The molecule has 1 aliphatic rings. The van der Waals surface area contributed by atoms with E-state index in [-0.39, 0.29) is 5.69 Å². The molecule has 2 N–H and O–H groups in total. The van der Waals surface area contributed by atoms with Crippen molar-refractivity contribution in [1.29, 1.82) is 0 Å². The molecule has 0 unspecified atom stereocenters. The quantitative estimate of drug-likeness (QED) is 0.829. The lowest BCUT2D eigenvalue weighted by atomic mass is 10.2. The number of aliphatic carboxylic acids is 1. The van der Waals surface area contributed by atoms with Gasteiger partial charge < -0.3 is 10.4 Å². The number of aromatic nitrogens is 2. The van der Waals surface area contributed by atoms with Crippen LogP contribution in [-0.2, 0) is 16.0 Å². The van der Waals surface area contributed by atoms with Gasteiger partial charge in [0.15, 0.2) is 0 Å². The third-order valence-electron chi connectivity index (χ3n) is 3.79. The molecule has 0 saturated carbocycles. The van der Waals surface area contributed by atoms with Gasteiger partial charge in [0.05, 0.1) is 6.20 Å². The first kappa shape index (κ1) is 15.7. The highest BCUT2D eigenvalue weighted by molar-refractivity contribution is 6.01. The summed E-state index contributed by atoms with van der Waals surface area (Å²) in [5, 5.41) is 11.6. The third-order valence-corrected chi connectivity index (χ3v) is 3.79. The van der Waals surface area contributed by atoms with Crippen molar-refractivity contribution in [1.82, 2.24) is 9.55 Å². The Hall–Kier alpha value is -3.22. The topological polar surface area (TPSA) is 101 Å². The number of aryl methyl sites for hydroxylation is 1. The van der Waals surface area contributed by atoms with Gasteiger partial charge in [0, 0.05) is 12.5 Å². The fourth-order valence-corrected chi connectivity index (χ4v) is 2.63. The fraction of sp³-hybridized carbons (Fsp3) is 0.176. The smallest absolute Gasteiger partial charge is 0.326 e. The number of hydrogen-bond donors (Lipinski definition) is 2. The molecule has 3 rings (SSSR count). The second-order valence-electron chi connectivity index (χ2n) is 5.39. The van der Waals surface area contributed by atoms with Crippen molar-refractivity contribution in [3.05, 3.63) is 64.3 Å². The number of nitrogens with zero attached hydrogens (tertiary/aromatic N) is 2. The highest BCUT2D eigenvalue weighted by atomic mass is 16.4. The van der Waals surface area contributed by atoms with Gasteiger partial charge in [-0.05, 0) is 18.1 Å². The Labute approximate surface area is 137 Å². The first-order chi connectivity index (χ1) is 11.6. The summed E-state index contributed by atoms with van der Waals surface area (Å²) >= 11 is 0. The number of carbonyl (C=O) groups excluding carboxylic acids is 1. The summed E-state index contributed by atoms with van der Waals surface area (Å²) < 4.78 is 1.14. The predicted molar refractivity (Wildman–Crippen MR) is 87.6 cm³/mol. The first-order valence-corrected chi connectivity index (χ1v) is 7.43. The number of carbonyl (C=O) groups is 2. The maximum absolute atomic E-state index is 12.4. The Balaban J connectivity index is 1.80. The molecule has 0 aliphatic carbocycles. The van der Waals surface area contributed by atoms with Gasteiger partial charge in [-0.3, -0.25) is 14.2 Å². The second kappa shape index (κ2) is 6.49. The number of carboxylic acid groups (broad SMARTS) is 1. The van der Waals surface area contributed by atoms with E-state index in [9.17, 15) is 19.5 Å². The average Bonchev–Trinajstić information content (AvgIpc) is 3.02. The lowest BCUT2D eigenvalue weighted by Crippen LogP contribution is -2.31. The summed E-state index contributed by atoms with van der Waals surface area (Å²) in [5.41, 5.74) is 0.267. The van der Waals surface area contributed by atoms with Crippen molar-refractivity contribution in [3.8, 4) is 0 Å². The van der Waals surface area contributed by atoms with Crippen molar-refractivity contribution in [3.63, 3.8) is 0 Å². The monoisotopic (exact) mass is 325 g/mol. The van der Waals surface area contributed by atoms with E-state index in [1.54, 1.807) is 6.08 Å². The van der Waals surface area contributed by atoms with E-state index in [0.29, 0.717) is 18.7 Å². The maximum Gasteiger partial charge on any atom is 0.326 e. The third kappa shape index (κ3) is 3.10. The molecular formula is C17H15N3O4. The van der Waals surface area contributed by atoms with Crippen molar-refractivity contribution < 1.29 is 14.7 Å². The van der Waals surface area contributed by atoms with Crippen LogP contribution in [0.3, 0.4) is 0 Å². The molecule has 2 aromatic rings. The molecule has 2 heterocycles. The van der Waals surface area contributed by atoms with Gasteiger partial charge >= 0.3 is 5.97 Å². The van der Waals surface area contributed by atoms with E-state index in [1.165, 1.54) is 12.3 Å². The molecule has 7 nitrogen and oxygen atoms in total. The molecule has 0 radical (unpaired) electrons. The standard InChI is InChI=1S/C17H15N3O4/c21-15(9-6-11-4-2-1-3-5-11)19-12-10-18-14-8-7-13(17(23)24)20(14)16(12)22/h1-6,9-10,13H,7-8H2,(H,19,21)(H,23,24)/t13-/m0/s1. The van der Waals surface area contributed by atoms with Gasteiger partial charge in [-0.15, -0.1) is 0 Å². The Morgan fingerprint density at radius 3 is 2.75 bits per heavy atom. The molecule has 0 saturated heterocycles. The molecular weight excluding hydrogens is 310 g/mol. The van der Waals surface area contributed by atoms with Crippen LogP contribution in [0.1, 0.15) is 23.9 Å². The van der Waals surface area contributed by atoms with E-state index in [2.05, 4.69) is 10.3 Å². The van der Waals surface area contributed by atoms with Crippen LogP contribution in [0.25, 0.3) is 6.08 Å². The number of nitrogens with one attached hydrogen (secondary N) is 1. The highest BCUT2D eigenvalue weighted by Gasteiger charge is 2.30. The van der Waals surface area contributed by atoms with Gasteiger partial charge in [0.25, 0.3) is 5.56 Å². The van der Waals surface area contributed by atoms with Crippen LogP contribution in [0.4, 0.5) is 5.69 Å². The molecule has 0 fully saturated rings. The second-order valence-corrected chi connectivity index (χ2v) is 5.39. The Kier molecular flexibility index (Phi) is 4.24. The molecule has 122 valence electrons. The first-order valence-electron chi connectivity index (χ1n) is 7.43. The number of rotatable bonds is 4. The summed E-state index contributed by atoms with van der Waals surface area (Å²) in [7, 11) is 0. The Morgan fingerprint density at radius 1 is 1.29 bits per heavy atom.